The molecule has 0 aromatic heterocycles. The lowest BCUT2D eigenvalue weighted by Gasteiger charge is -2.31. The Bertz CT molecular complexity index is 429. The predicted octanol–water partition coefficient (Wildman–Crippen LogP) is 2.90. The second kappa shape index (κ2) is 5.64. The SMILES string of the molecule is CN(C)CCN1CCc2ccc(C(C)(C)C)cc2C1. The summed E-state index contributed by atoms with van der Waals surface area (Å²) in [5, 5.41) is 0. The van der Waals surface area contributed by atoms with Crippen LogP contribution in [0.4, 0.5) is 0 Å². The Morgan fingerprint density at radius 1 is 1.16 bits per heavy atom. The number of likely N-dealkylation sites (N-methyl/N-ethyl adjacent to an activating group) is 1. The molecule has 0 aliphatic carbocycles. The van der Waals surface area contributed by atoms with E-state index in [9.17, 15) is 0 Å². The van der Waals surface area contributed by atoms with Crippen LogP contribution in [0.2, 0.25) is 0 Å². The third-order valence-electron chi connectivity index (χ3n) is 4.03. The normalized spacial score (nSPS) is 16.7. The van der Waals surface area contributed by atoms with Crippen molar-refractivity contribution >= 4 is 0 Å². The maximum Gasteiger partial charge on any atom is 0.0237 e. The quantitative estimate of drug-likeness (QED) is 0.824. The molecule has 1 aromatic rings. The van der Waals surface area contributed by atoms with E-state index < -0.39 is 0 Å². The van der Waals surface area contributed by atoms with Crippen LogP contribution < -0.4 is 0 Å². The molecule has 19 heavy (non-hydrogen) atoms. The molecule has 2 nitrogen and oxygen atoms in total. The molecular weight excluding hydrogens is 232 g/mol. The predicted molar refractivity (Wildman–Crippen MR) is 82.7 cm³/mol. The van der Waals surface area contributed by atoms with Crippen LogP contribution in [0.25, 0.3) is 0 Å². The lowest BCUT2D eigenvalue weighted by atomic mass is 9.84. The lowest BCUT2D eigenvalue weighted by molar-refractivity contribution is 0.225. The van der Waals surface area contributed by atoms with E-state index in [0.717, 1.165) is 13.1 Å². The van der Waals surface area contributed by atoms with Gasteiger partial charge >= 0.3 is 0 Å². The summed E-state index contributed by atoms with van der Waals surface area (Å²) >= 11 is 0. The first-order chi connectivity index (χ1) is 8.86. The van der Waals surface area contributed by atoms with Gasteiger partial charge in [-0.2, -0.15) is 0 Å². The molecule has 1 heterocycles. The molecule has 0 saturated carbocycles. The van der Waals surface area contributed by atoms with E-state index in [1.54, 1.807) is 5.56 Å². The molecule has 0 bridgehead atoms. The Labute approximate surface area is 118 Å². The Hall–Kier alpha value is -0.860. The summed E-state index contributed by atoms with van der Waals surface area (Å²) < 4.78 is 0. The number of nitrogens with zero attached hydrogens (tertiary/aromatic N) is 2. The molecule has 0 unspecified atom stereocenters. The molecule has 1 aliphatic rings. The zero-order chi connectivity index (χ0) is 14.0. The van der Waals surface area contributed by atoms with Gasteiger partial charge in [0.05, 0.1) is 0 Å². The first-order valence-electron chi connectivity index (χ1n) is 7.35. The van der Waals surface area contributed by atoms with Crippen LogP contribution in [0, 0.1) is 0 Å². The number of hydrogen-bond donors (Lipinski definition) is 0. The van der Waals surface area contributed by atoms with Gasteiger partial charge in [0.15, 0.2) is 0 Å². The van der Waals surface area contributed by atoms with Crippen LogP contribution in [-0.4, -0.2) is 43.5 Å². The van der Waals surface area contributed by atoms with Crippen molar-refractivity contribution in [1.29, 1.82) is 0 Å². The molecule has 2 rings (SSSR count). The van der Waals surface area contributed by atoms with E-state index in [1.807, 2.05) is 0 Å². The molecule has 1 aliphatic heterocycles. The largest absolute Gasteiger partial charge is 0.308 e. The van der Waals surface area contributed by atoms with Gasteiger partial charge < -0.3 is 4.90 Å². The van der Waals surface area contributed by atoms with Crippen molar-refractivity contribution in [3.8, 4) is 0 Å². The fourth-order valence-corrected chi connectivity index (χ4v) is 2.61. The van der Waals surface area contributed by atoms with Crippen LogP contribution in [0.5, 0.6) is 0 Å². The van der Waals surface area contributed by atoms with Crippen molar-refractivity contribution in [2.24, 2.45) is 0 Å². The molecule has 0 spiro atoms. The van der Waals surface area contributed by atoms with Crippen molar-refractivity contribution in [2.45, 2.75) is 39.2 Å². The minimum atomic E-state index is 0.251. The zero-order valence-corrected chi connectivity index (χ0v) is 13.2. The van der Waals surface area contributed by atoms with E-state index >= 15 is 0 Å². The van der Waals surface area contributed by atoms with Crippen LogP contribution in [0.1, 0.15) is 37.5 Å². The van der Waals surface area contributed by atoms with Crippen molar-refractivity contribution < 1.29 is 0 Å². The van der Waals surface area contributed by atoms with Crippen LogP contribution in [-0.2, 0) is 18.4 Å². The fraction of sp³-hybridized carbons (Fsp3) is 0.647. The van der Waals surface area contributed by atoms with Gasteiger partial charge in [-0.15, -0.1) is 0 Å². The maximum absolute atomic E-state index is 2.58. The van der Waals surface area contributed by atoms with Crippen molar-refractivity contribution in [3.05, 3.63) is 34.9 Å². The Morgan fingerprint density at radius 2 is 1.89 bits per heavy atom. The van der Waals surface area contributed by atoms with Gasteiger partial charge in [0.25, 0.3) is 0 Å². The van der Waals surface area contributed by atoms with E-state index in [0.29, 0.717) is 0 Å². The molecule has 0 N–H and O–H groups in total. The number of rotatable bonds is 3. The molecule has 0 fully saturated rings. The summed E-state index contributed by atoms with van der Waals surface area (Å²) in [5.41, 5.74) is 4.80. The Balaban J connectivity index is 2.10. The Morgan fingerprint density at radius 3 is 2.53 bits per heavy atom. The van der Waals surface area contributed by atoms with E-state index in [2.05, 4.69) is 62.9 Å². The third kappa shape index (κ3) is 3.80. The lowest BCUT2D eigenvalue weighted by Crippen LogP contribution is -2.36. The standard InChI is InChI=1S/C17H28N2/c1-17(2,3)16-7-6-14-8-9-19(11-10-18(4)5)13-15(14)12-16/h6-7,12H,8-11,13H2,1-5H3. The number of fused-ring (bicyclic) bond motifs is 1. The van der Waals surface area contributed by atoms with Crippen molar-refractivity contribution in [1.82, 2.24) is 9.80 Å². The molecule has 106 valence electrons. The smallest absolute Gasteiger partial charge is 0.0237 e. The van der Waals surface area contributed by atoms with Crippen LogP contribution in [0.15, 0.2) is 18.2 Å². The average molecular weight is 260 g/mol. The van der Waals surface area contributed by atoms with Gasteiger partial charge in [-0.05, 0) is 42.6 Å². The number of hydrogen-bond acceptors (Lipinski definition) is 2. The Kier molecular flexibility index (Phi) is 4.32. The topological polar surface area (TPSA) is 6.48 Å². The minimum absolute atomic E-state index is 0.251. The molecule has 0 amide bonds. The molecule has 2 heteroatoms. The van der Waals surface area contributed by atoms with E-state index in [4.69, 9.17) is 0 Å². The van der Waals surface area contributed by atoms with Gasteiger partial charge in [-0.1, -0.05) is 39.0 Å². The molecule has 1 aromatic carbocycles. The van der Waals surface area contributed by atoms with E-state index in [-0.39, 0.29) is 5.41 Å². The van der Waals surface area contributed by atoms with Crippen molar-refractivity contribution in [2.75, 3.05) is 33.7 Å². The summed E-state index contributed by atoms with van der Waals surface area (Å²) in [6, 6.07) is 7.09. The number of benzene rings is 1. The third-order valence-corrected chi connectivity index (χ3v) is 4.03. The average Bonchev–Trinajstić information content (AvgIpc) is 2.34. The summed E-state index contributed by atoms with van der Waals surface area (Å²) in [4.78, 5) is 4.84. The summed E-state index contributed by atoms with van der Waals surface area (Å²) in [7, 11) is 4.30. The highest BCUT2D eigenvalue weighted by Crippen LogP contribution is 2.27. The van der Waals surface area contributed by atoms with Crippen molar-refractivity contribution in [3.63, 3.8) is 0 Å². The monoisotopic (exact) mass is 260 g/mol. The molecule has 0 atom stereocenters. The highest BCUT2D eigenvalue weighted by Gasteiger charge is 2.19. The second-order valence-electron chi connectivity index (χ2n) is 7.06. The van der Waals surface area contributed by atoms with Gasteiger partial charge in [-0.3, -0.25) is 4.90 Å². The van der Waals surface area contributed by atoms with E-state index in [1.165, 1.54) is 30.6 Å². The van der Waals surface area contributed by atoms with Gasteiger partial charge in [-0.25, -0.2) is 0 Å². The van der Waals surface area contributed by atoms with Crippen LogP contribution in [0.3, 0.4) is 0 Å². The van der Waals surface area contributed by atoms with Gasteiger partial charge in [0, 0.05) is 26.2 Å². The van der Waals surface area contributed by atoms with Gasteiger partial charge in [0.1, 0.15) is 0 Å². The maximum atomic E-state index is 2.58. The zero-order valence-electron chi connectivity index (χ0n) is 13.2. The highest BCUT2D eigenvalue weighted by atomic mass is 15.2. The molecular formula is C17H28N2. The summed E-state index contributed by atoms with van der Waals surface area (Å²) in [5.74, 6) is 0. The molecule has 0 saturated heterocycles. The minimum Gasteiger partial charge on any atom is -0.308 e. The molecule has 0 radical (unpaired) electrons. The summed E-state index contributed by atoms with van der Waals surface area (Å²) in [6.45, 7) is 11.5. The highest BCUT2D eigenvalue weighted by molar-refractivity contribution is 5.36. The first-order valence-corrected chi connectivity index (χ1v) is 7.35. The second-order valence-corrected chi connectivity index (χ2v) is 7.06. The summed E-state index contributed by atoms with van der Waals surface area (Å²) in [6.07, 6.45) is 1.20. The van der Waals surface area contributed by atoms with Gasteiger partial charge in [0.2, 0.25) is 0 Å². The first kappa shape index (κ1) is 14.5. The fourth-order valence-electron chi connectivity index (χ4n) is 2.61. The van der Waals surface area contributed by atoms with Crippen LogP contribution >= 0.6 is 0 Å².